The highest BCUT2D eigenvalue weighted by Gasteiger charge is 2.30. The minimum atomic E-state index is -4.45. The van der Waals surface area contributed by atoms with Gasteiger partial charge in [0.15, 0.2) is 0 Å². The summed E-state index contributed by atoms with van der Waals surface area (Å²) in [6.07, 6.45) is -4.45. The molecule has 0 fully saturated rings. The number of amides is 2. The van der Waals surface area contributed by atoms with Crippen molar-refractivity contribution in [2.24, 2.45) is 5.92 Å². The largest absolute Gasteiger partial charge is 0.493 e. The van der Waals surface area contributed by atoms with Crippen LogP contribution in [0.1, 0.15) is 36.7 Å². The van der Waals surface area contributed by atoms with Crippen molar-refractivity contribution < 1.29 is 27.5 Å². The average molecular weight is 408 g/mol. The molecule has 0 radical (unpaired) electrons. The number of benzene rings is 2. The minimum absolute atomic E-state index is 0.206. The number of para-hydroxylation sites is 1. The summed E-state index contributed by atoms with van der Waals surface area (Å²) >= 11 is 0. The summed E-state index contributed by atoms with van der Waals surface area (Å²) in [5.41, 5.74) is -0.309. The molecule has 2 aromatic carbocycles. The number of hydrogen-bond donors (Lipinski definition) is 2. The predicted octanol–water partition coefficient (Wildman–Crippen LogP) is 4.50. The zero-order valence-corrected chi connectivity index (χ0v) is 16.3. The Morgan fingerprint density at radius 2 is 1.66 bits per heavy atom. The molecule has 0 unspecified atom stereocenters. The average Bonchev–Trinajstić information content (AvgIpc) is 2.66. The number of carbonyl (C=O) groups is 2. The Morgan fingerprint density at radius 1 is 1.03 bits per heavy atom. The lowest BCUT2D eigenvalue weighted by Gasteiger charge is -2.22. The van der Waals surface area contributed by atoms with Crippen molar-refractivity contribution in [1.82, 2.24) is 5.32 Å². The quantitative estimate of drug-likeness (QED) is 0.709. The molecule has 5 nitrogen and oxygen atoms in total. The third-order valence-corrected chi connectivity index (χ3v) is 4.15. The van der Waals surface area contributed by atoms with Crippen LogP contribution < -0.4 is 15.4 Å². The van der Waals surface area contributed by atoms with Gasteiger partial charge < -0.3 is 15.4 Å². The fourth-order valence-electron chi connectivity index (χ4n) is 2.65. The van der Waals surface area contributed by atoms with E-state index in [-0.39, 0.29) is 11.6 Å². The molecule has 0 spiro atoms. The van der Waals surface area contributed by atoms with E-state index < -0.39 is 29.6 Å². The van der Waals surface area contributed by atoms with Crippen molar-refractivity contribution in [2.45, 2.75) is 33.0 Å². The van der Waals surface area contributed by atoms with E-state index in [1.165, 1.54) is 12.1 Å². The molecule has 0 aliphatic rings. The Labute approximate surface area is 167 Å². The van der Waals surface area contributed by atoms with E-state index in [4.69, 9.17) is 4.74 Å². The van der Waals surface area contributed by atoms with Crippen molar-refractivity contribution in [3.63, 3.8) is 0 Å². The summed E-state index contributed by atoms with van der Waals surface area (Å²) in [5, 5.41) is 5.22. The fourth-order valence-corrected chi connectivity index (χ4v) is 2.65. The molecule has 8 heteroatoms. The standard InChI is InChI=1S/C21H23F3N2O3/c1-4-29-17-8-6-5-7-16(17)19(27)26-18(13(2)3)20(28)25-15-11-9-14(10-12-15)21(22,23)24/h5-13,18H,4H2,1-3H3,(H,25,28)(H,26,27)/t18-/m1/s1. The summed E-state index contributed by atoms with van der Waals surface area (Å²) < 4.78 is 43.4. The molecular formula is C21H23F3N2O3. The van der Waals surface area contributed by atoms with Crippen molar-refractivity contribution >= 4 is 17.5 Å². The predicted molar refractivity (Wildman–Crippen MR) is 104 cm³/mol. The Bertz CT molecular complexity index is 849. The third-order valence-electron chi connectivity index (χ3n) is 4.15. The Morgan fingerprint density at radius 3 is 2.21 bits per heavy atom. The van der Waals surface area contributed by atoms with Crippen molar-refractivity contribution in [2.75, 3.05) is 11.9 Å². The summed E-state index contributed by atoms with van der Waals surface area (Å²) in [6, 6.07) is 9.89. The van der Waals surface area contributed by atoms with Gasteiger partial charge in [0.25, 0.3) is 5.91 Å². The fraction of sp³-hybridized carbons (Fsp3) is 0.333. The summed E-state index contributed by atoms with van der Waals surface area (Å²) in [7, 11) is 0. The number of carbonyl (C=O) groups excluding carboxylic acids is 2. The van der Waals surface area contributed by atoms with Crippen LogP contribution >= 0.6 is 0 Å². The van der Waals surface area contributed by atoms with Gasteiger partial charge in [0, 0.05) is 5.69 Å². The van der Waals surface area contributed by atoms with Crippen molar-refractivity contribution in [3.05, 3.63) is 59.7 Å². The smallest absolute Gasteiger partial charge is 0.416 e. The molecule has 2 rings (SSSR count). The summed E-state index contributed by atoms with van der Waals surface area (Å²) in [5.74, 6) is -0.858. The number of rotatable bonds is 7. The lowest BCUT2D eigenvalue weighted by Crippen LogP contribution is -2.47. The first-order chi connectivity index (χ1) is 13.6. The molecule has 156 valence electrons. The lowest BCUT2D eigenvalue weighted by molar-refractivity contribution is -0.137. The molecule has 1 atom stereocenters. The van der Waals surface area contributed by atoms with E-state index in [1.54, 1.807) is 45.0 Å². The molecular weight excluding hydrogens is 385 g/mol. The number of hydrogen-bond acceptors (Lipinski definition) is 3. The van der Waals surface area contributed by atoms with Gasteiger partial charge in [-0.25, -0.2) is 0 Å². The van der Waals surface area contributed by atoms with Crippen LogP contribution in [0.15, 0.2) is 48.5 Å². The van der Waals surface area contributed by atoms with Gasteiger partial charge in [-0.3, -0.25) is 9.59 Å². The molecule has 0 heterocycles. The molecule has 0 aliphatic carbocycles. The van der Waals surface area contributed by atoms with E-state index in [9.17, 15) is 22.8 Å². The number of halogens is 3. The summed E-state index contributed by atoms with van der Waals surface area (Å²) in [6.45, 7) is 5.69. The Kier molecular flexibility index (Phi) is 7.25. The van der Waals surface area contributed by atoms with Crippen LogP contribution in [-0.2, 0) is 11.0 Å². The Hall–Kier alpha value is -3.03. The van der Waals surface area contributed by atoms with Gasteiger partial charge in [0.1, 0.15) is 11.8 Å². The van der Waals surface area contributed by atoms with E-state index in [0.29, 0.717) is 17.9 Å². The van der Waals surface area contributed by atoms with Crippen molar-refractivity contribution in [1.29, 1.82) is 0 Å². The van der Waals surface area contributed by atoms with Gasteiger partial charge in [0.05, 0.1) is 17.7 Å². The molecule has 2 aromatic rings. The first-order valence-electron chi connectivity index (χ1n) is 9.14. The number of nitrogens with one attached hydrogen (secondary N) is 2. The second kappa shape index (κ2) is 9.45. The van der Waals surface area contributed by atoms with E-state index in [1.807, 2.05) is 0 Å². The number of ether oxygens (including phenoxy) is 1. The Balaban J connectivity index is 2.13. The highest BCUT2D eigenvalue weighted by atomic mass is 19.4. The molecule has 0 saturated carbocycles. The maximum absolute atomic E-state index is 12.7. The molecule has 0 aliphatic heterocycles. The third kappa shape index (κ3) is 5.97. The van der Waals surface area contributed by atoms with Crippen LogP contribution in [0.5, 0.6) is 5.75 Å². The minimum Gasteiger partial charge on any atom is -0.493 e. The first kappa shape index (κ1) is 22.3. The van der Waals surface area contributed by atoms with Crippen LogP contribution in [0.25, 0.3) is 0 Å². The van der Waals surface area contributed by atoms with Crippen molar-refractivity contribution in [3.8, 4) is 5.75 Å². The van der Waals surface area contributed by atoms with Gasteiger partial charge in [-0.05, 0) is 49.2 Å². The monoisotopic (exact) mass is 408 g/mol. The van der Waals surface area contributed by atoms with Crippen LogP contribution in [0.3, 0.4) is 0 Å². The number of alkyl halides is 3. The van der Waals surface area contributed by atoms with Crippen LogP contribution in [-0.4, -0.2) is 24.5 Å². The molecule has 0 bridgehead atoms. The molecule has 2 amide bonds. The summed E-state index contributed by atoms with van der Waals surface area (Å²) in [4.78, 5) is 25.3. The molecule has 2 N–H and O–H groups in total. The highest BCUT2D eigenvalue weighted by Crippen LogP contribution is 2.29. The first-order valence-corrected chi connectivity index (χ1v) is 9.14. The van der Waals surface area contributed by atoms with Gasteiger partial charge in [-0.15, -0.1) is 0 Å². The molecule has 29 heavy (non-hydrogen) atoms. The molecule has 0 saturated heterocycles. The second-order valence-corrected chi connectivity index (χ2v) is 6.69. The second-order valence-electron chi connectivity index (χ2n) is 6.69. The van der Waals surface area contributed by atoms with Crippen LogP contribution in [0.4, 0.5) is 18.9 Å². The SMILES string of the molecule is CCOc1ccccc1C(=O)N[C@@H](C(=O)Nc1ccc(C(F)(F)F)cc1)C(C)C. The maximum Gasteiger partial charge on any atom is 0.416 e. The van der Waals surface area contributed by atoms with E-state index >= 15 is 0 Å². The van der Waals surface area contributed by atoms with Gasteiger partial charge in [-0.1, -0.05) is 26.0 Å². The van der Waals surface area contributed by atoms with E-state index in [0.717, 1.165) is 12.1 Å². The topological polar surface area (TPSA) is 67.4 Å². The number of anilines is 1. The van der Waals surface area contributed by atoms with Crippen LogP contribution in [0, 0.1) is 5.92 Å². The normalized spacial score (nSPS) is 12.4. The zero-order chi connectivity index (χ0) is 21.6. The molecule has 0 aromatic heterocycles. The maximum atomic E-state index is 12.7. The van der Waals surface area contributed by atoms with Gasteiger partial charge in [0.2, 0.25) is 5.91 Å². The van der Waals surface area contributed by atoms with Crippen LogP contribution in [0.2, 0.25) is 0 Å². The van der Waals surface area contributed by atoms with Gasteiger partial charge in [-0.2, -0.15) is 13.2 Å². The lowest BCUT2D eigenvalue weighted by atomic mass is 10.0. The highest BCUT2D eigenvalue weighted by molar-refractivity contribution is 6.02. The van der Waals surface area contributed by atoms with Gasteiger partial charge >= 0.3 is 6.18 Å². The zero-order valence-electron chi connectivity index (χ0n) is 16.3. The van der Waals surface area contributed by atoms with E-state index in [2.05, 4.69) is 10.6 Å².